The SMILES string of the molecule is CC(C)(C)OC(=O)NCCCNC(=O)c1ccc(Br)c(N)c1. The normalized spacial score (nSPS) is 10.9. The summed E-state index contributed by atoms with van der Waals surface area (Å²) in [6, 6.07) is 5.03. The number of carbonyl (C=O) groups is 2. The molecule has 1 aromatic rings. The first-order chi connectivity index (χ1) is 10.2. The first-order valence-electron chi connectivity index (χ1n) is 6.99. The zero-order valence-corrected chi connectivity index (χ0v) is 14.6. The van der Waals surface area contributed by atoms with Crippen LogP contribution in [0.25, 0.3) is 0 Å². The van der Waals surface area contributed by atoms with Gasteiger partial charge in [-0.3, -0.25) is 4.79 Å². The molecule has 0 saturated carbocycles. The van der Waals surface area contributed by atoms with Crippen LogP contribution in [0.5, 0.6) is 0 Å². The van der Waals surface area contributed by atoms with Crippen molar-refractivity contribution < 1.29 is 14.3 Å². The summed E-state index contributed by atoms with van der Waals surface area (Å²) < 4.78 is 5.86. The van der Waals surface area contributed by atoms with Gasteiger partial charge in [-0.15, -0.1) is 0 Å². The molecule has 0 heterocycles. The van der Waals surface area contributed by atoms with Crippen molar-refractivity contribution in [3.05, 3.63) is 28.2 Å². The fourth-order valence-electron chi connectivity index (χ4n) is 1.58. The van der Waals surface area contributed by atoms with Crippen LogP contribution >= 0.6 is 15.9 Å². The summed E-state index contributed by atoms with van der Waals surface area (Å²) in [5, 5.41) is 5.40. The molecule has 0 aliphatic heterocycles. The maximum Gasteiger partial charge on any atom is 0.407 e. The molecule has 0 bridgehead atoms. The van der Waals surface area contributed by atoms with Crippen LogP contribution in [0.1, 0.15) is 37.6 Å². The number of nitrogen functional groups attached to an aromatic ring is 1. The molecule has 7 heteroatoms. The third-order valence-corrected chi connectivity index (χ3v) is 3.29. The molecule has 0 fully saturated rings. The van der Waals surface area contributed by atoms with Crippen LogP contribution < -0.4 is 16.4 Å². The minimum atomic E-state index is -0.514. The lowest BCUT2D eigenvalue weighted by molar-refractivity contribution is 0.0527. The number of hydrogen-bond acceptors (Lipinski definition) is 4. The quantitative estimate of drug-likeness (QED) is 0.547. The number of halogens is 1. The Labute approximate surface area is 138 Å². The van der Waals surface area contributed by atoms with Gasteiger partial charge in [0, 0.05) is 28.8 Å². The van der Waals surface area contributed by atoms with Gasteiger partial charge in [0.15, 0.2) is 0 Å². The highest BCUT2D eigenvalue weighted by Gasteiger charge is 2.15. The number of amides is 2. The summed E-state index contributed by atoms with van der Waals surface area (Å²) in [7, 11) is 0. The van der Waals surface area contributed by atoms with Crippen molar-refractivity contribution in [1.29, 1.82) is 0 Å². The maximum absolute atomic E-state index is 11.9. The second-order valence-electron chi connectivity index (χ2n) is 5.77. The Morgan fingerprint density at radius 1 is 1.23 bits per heavy atom. The highest BCUT2D eigenvalue weighted by Crippen LogP contribution is 2.20. The lowest BCUT2D eigenvalue weighted by Gasteiger charge is -2.19. The van der Waals surface area contributed by atoms with Gasteiger partial charge in [0.1, 0.15) is 5.60 Å². The zero-order valence-electron chi connectivity index (χ0n) is 13.0. The zero-order chi connectivity index (χ0) is 16.8. The Morgan fingerprint density at radius 3 is 2.45 bits per heavy atom. The van der Waals surface area contributed by atoms with E-state index in [-0.39, 0.29) is 5.91 Å². The van der Waals surface area contributed by atoms with Gasteiger partial charge in [0.2, 0.25) is 0 Å². The summed E-state index contributed by atoms with van der Waals surface area (Å²) in [6.07, 6.45) is 0.149. The van der Waals surface area contributed by atoms with Crippen molar-refractivity contribution in [3.8, 4) is 0 Å². The minimum Gasteiger partial charge on any atom is -0.444 e. The van der Waals surface area contributed by atoms with Crippen molar-refractivity contribution in [3.63, 3.8) is 0 Å². The van der Waals surface area contributed by atoms with Crippen molar-refractivity contribution in [1.82, 2.24) is 10.6 Å². The molecule has 0 unspecified atom stereocenters. The Hall–Kier alpha value is -1.76. The van der Waals surface area contributed by atoms with Crippen LogP contribution in [-0.4, -0.2) is 30.7 Å². The maximum atomic E-state index is 11.9. The van der Waals surface area contributed by atoms with E-state index in [4.69, 9.17) is 10.5 Å². The van der Waals surface area contributed by atoms with Gasteiger partial charge in [-0.25, -0.2) is 4.79 Å². The second kappa shape index (κ2) is 8.03. The van der Waals surface area contributed by atoms with Crippen LogP contribution in [0.15, 0.2) is 22.7 Å². The highest BCUT2D eigenvalue weighted by atomic mass is 79.9. The van der Waals surface area contributed by atoms with E-state index in [1.165, 1.54) is 0 Å². The van der Waals surface area contributed by atoms with Crippen LogP contribution in [0.4, 0.5) is 10.5 Å². The summed E-state index contributed by atoms with van der Waals surface area (Å²) >= 11 is 3.28. The molecule has 2 amide bonds. The molecule has 0 aliphatic rings. The van der Waals surface area contributed by atoms with Gasteiger partial charge in [-0.2, -0.15) is 0 Å². The van der Waals surface area contributed by atoms with Crippen LogP contribution in [0.3, 0.4) is 0 Å². The highest BCUT2D eigenvalue weighted by molar-refractivity contribution is 9.10. The third-order valence-electron chi connectivity index (χ3n) is 2.57. The van der Waals surface area contributed by atoms with Gasteiger partial charge in [-0.1, -0.05) is 0 Å². The Kier molecular flexibility index (Phi) is 6.67. The lowest BCUT2D eigenvalue weighted by Crippen LogP contribution is -2.34. The second-order valence-corrected chi connectivity index (χ2v) is 6.63. The first-order valence-corrected chi connectivity index (χ1v) is 7.78. The van der Waals surface area contributed by atoms with Crippen LogP contribution in [0, 0.1) is 0 Å². The van der Waals surface area contributed by atoms with Crippen molar-refractivity contribution in [2.75, 3.05) is 18.8 Å². The summed E-state index contributed by atoms with van der Waals surface area (Å²) in [4.78, 5) is 23.3. The lowest BCUT2D eigenvalue weighted by atomic mass is 10.2. The summed E-state index contributed by atoms with van der Waals surface area (Å²) in [5.41, 5.74) is 6.23. The summed E-state index contributed by atoms with van der Waals surface area (Å²) in [5.74, 6) is -0.198. The number of nitrogens with two attached hydrogens (primary N) is 1. The number of alkyl carbamates (subject to hydrolysis) is 1. The van der Waals surface area contributed by atoms with Gasteiger partial charge >= 0.3 is 6.09 Å². The average molecular weight is 372 g/mol. The predicted molar refractivity (Wildman–Crippen MR) is 89.7 cm³/mol. The van der Waals surface area contributed by atoms with E-state index >= 15 is 0 Å². The molecular weight excluding hydrogens is 350 g/mol. The molecule has 0 saturated heterocycles. The van der Waals surface area contributed by atoms with E-state index in [0.717, 1.165) is 4.47 Å². The molecule has 1 aromatic carbocycles. The minimum absolute atomic E-state index is 0.198. The molecule has 6 nitrogen and oxygen atoms in total. The number of rotatable bonds is 5. The van der Waals surface area contributed by atoms with E-state index in [2.05, 4.69) is 26.6 Å². The molecule has 0 aromatic heterocycles. The van der Waals surface area contributed by atoms with Crippen LogP contribution in [0.2, 0.25) is 0 Å². The number of nitrogens with one attached hydrogen (secondary N) is 2. The van der Waals surface area contributed by atoms with E-state index in [1.54, 1.807) is 39.0 Å². The molecule has 0 radical (unpaired) electrons. The first kappa shape index (κ1) is 18.3. The molecule has 0 atom stereocenters. The fraction of sp³-hybridized carbons (Fsp3) is 0.467. The molecule has 22 heavy (non-hydrogen) atoms. The van der Waals surface area contributed by atoms with E-state index < -0.39 is 11.7 Å². The molecular formula is C15H22BrN3O3. The Balaban J connectivity index is 2.25. The number of benzene rings is 1. The predicted octanol–water partition coefficient (Wildman–Crippen LogP) is 2.68. The van der Waals surface area contributed by atoms with Gasteiger partial charge < -0.3 is 21.1 Å². The number of carbonyl (C=O) groups excluding carboxylic acids is 2. The van der Waals surface area contributed by atoms with Crippen molar-refractivity contribution in [2.45, 2.75) is 32.8 Å². The van der Waals surface area contributed by atoms with E-state index in [9.17, 15) is 9.59 Å². The summed E-state index contributed by atoms with van der Waals surface area (Å²) in [6.45, 7) is 6.28. The number of ether oxygens (including phenoxy) is 1. The fourth-order valence-corrected chi connectivity index (χ4v) is 1.83. The standard InChI is InChI=1S/C15H22BrN3O3/c1-15(2,3)22-14(21)19-8-4-7-18-13(20)10-5-6-11(16)12(17)9-10/h5-6,9H,4,7-8,17H2,1-3H3,(H,18,20)(H,19,21). The molecule has 4 N–H and O–H groups in total. The van der Waals surface area contributed by atoms with E-state index in [1.807, 2.05) is 0 Å². The largest absolute Gasteiger partial charge is 0.444 e. The topological polar surface area (TPSA) is 93.5 Å². The molecule has 122 valence electrons. The number of anilines is 1. The van der Waals surface area contributed by atoms with E-state index in [0.29, 0.717) is 30.8 Å². The van der Waals surface area contributed by atoms with Crippen LogP contribution in [-0.2, 0) is 4.74 Å². The molecule has 0 spiro atoms. The van der Waals surface area contributed by atoms with Gasteiger partial charge in [0.05, 0.1) is 0 Å². The number of hydrogen-bond donors (Lipinski definition) is 3. The third kappa shape index (κ3) is 6.80. The van der Waals surface area contributed by atoms with Crippen molar-refractivity contribution >= 4 is 33.6 Å². The van der Waals surface area contributed by atoms with Gasteiger partial charge in [-0.05, 0) is 61.3 Å². The monoisotopic (exact) mass is 371 g/mol. The molecule has 0 aliphatic carbocycles. The van der Waals surface area contributed by atoms with Crippen molar-refractivity contribution in [2.24, 2.45) is 0 Å². The molecule has 1 rings (SSSR count). The Bertz CT molecular complexity index is 541. The Morgan fingerprint density at radius 2 is 1.86 bits per heavy atom. The average Bonchev–Trinajstić information content (AvgIpc) is 2.39. The smallest absolute Gasteiger partial charge is 0.407 e. The van der Waals surface area contributed by atoms with Gasteiger partial charge in [0.25, 0.3) is 5.91 Å².